The summed E-state index contributed by atoms with van der Waals surface area (Å²) in [4.78, 5) is 15.1. The minimum absolute atomic E-state index is 0.0662. The summed E-state index contributed by atoms with van der Waals surface area (Å²) in [6.07, 6.45) is 11.6. The predicted octanol–water partition coefficient (Wildman–Crippen LogP) is 4.22. The molecule has 0 bridgehead atoms. The first-order valence-electron chi connectivity index (χ1n) is 9.58. The Morgan fingerprint density at radius 2 is 2.12 bits per heavy atom. The highest BCUT2D eigenvalue weighted by Crippen LogP contribution is 2.59. The predicted molar refractivity (Wildman–Crippen MR) is 97.7 cm³/mol. The second-order valence-corrected chi connectivity index (χ2v) is 8.07. The number of benzene rings is 1. The summed E-state index contributed by atoms with van der Waals surface area (Å²) >= 11 is 0. The zero-order valence-corrected chi connectivity index (χ0v) is 14.7. The van der Waals surface area contributed by atoms with Crippen LogP contribution in [-0.2, 0) is 4.79 Å². The van der Waals surface area contributed by atoms with Crippen molar-refractivity contribution in [3.05, 3.63) is 42.2 Å². The van der Waals surface area contributed by atoms with Gasteiger partial charge in [0.15, 0.2) is 0 Å². The number of hydrogen-bond acceptors (Lipinski definition) is 2. The van der Waals surface area contributed by atoms with Crippen molar-refractivity contribution in [1.29, 1.82) is 0 Å². The van der Waals surface area contributed by atoms with E-state index < -0.39 is 0 Å². The van der Waals surface area contributed by atoms with E-state index in [1.807, 2.05) is 0 Å². The second kappa shape index (κ2) is 6.91. The quantitative estimate of drug-likeness (QED) is 0.831. The number of hydrogen-bond donors (Lipinski definition) is 1. The minimum Gasteiger partial charge on any atom is -0.326 e. The molecule has 1 aliphatic heterocycles. The highest BCUT2D eigenvalue weighted by molar-refractivity contribution is 5.95. The molecule has 0 radical (unpaired) electrons. The first kappa shape index (κ1) is 16.8. The number of amides is 1. The van der Waals surface area contributed by atoms with Crippen LogP contribution in [-0.4, -0.2) is 30.4 Å². The van der Waals surface area contributed by atoms with E-state index in [0.717, 1.165) is 38.3 Å². The molecule has 4 heteroatoms. The van der Waals surface area contributed by atoms with Crippen LogP contribution in [0.3, 0.4) is 0 Å². The number of rotatable bonds is 4. The van der Waals surface area contributed by atoms with Gasteiger partial charge < -0.3 is 10.2 Å². The average Bonchev–Trinajstić information content (AvgIpc) is 3.32. The lowest BCUT2D eigenvalue weighted by molar-refractivity contribution is -0.118. The Morgan fingerprint density at radius 3 is 2.84 bits per heavy atom. The van der Waals surface area contributed by atoms with Crippen molar-refractivity contribution in [2.75, 3.05) is 25.0 Å². The normalized spacial score (nSPS) is 28.0. The van der Waals surface area contributed by atoms with Gasteiger partial charge in [-0.1, -0.05) is 18.2 Å². The van der Waals surface area contributed by atoms with E-state index in [0.29, 0.717) is 5.69 Å². The molecule has 2 fully saturated rings. The number of carbonyl (C=O) groups excluding carboxylic acids is 1. The van der Waals surface area contributed by atoms with Crippen LogP contribution in [0, 0.1) is 23.1 Å². The minimum atomic E-state index is -0.311. The maximum absolute atomic E-state index is 13.3. The van der Waals surface area contributed by atoms with Gasteiger partial charge in [0.05, 0.1) is 0 Å². The fourth-order valence-electron chi connectivity index (χ4n) is 4.63. The molecule has 0 aromatic heterocycles. The number of nitrogens with one attached hydrogen (secondary N) is 1. The van der Waals surface area contributed by atoms with Gasteiger partial charge >= 0.3 is 0 Å². The van der Waals surface area contributed by atoms with Crippen molar-refractivity contribution in [3.63, 3.8) is 0 Å². The van der Waals surface area contributed by atoms with Crippen LogP contribution < -0.4 is 5.32 Å². The van der Waals surface area contributed by atoms with Crippen molar-refractivity contribution >= 4 is 11.6 Å². The molecule has 3 aliphatic rings. The van der Waals surface area contributed by atoms with Crippen molar-refractivity contribution in [1.82, 2.24) is 4.90 Å². The largest absolute Gasteiger partial charge is 0.326 e. The Kier molecular flexibility index (Phi) is 4.63. The third-order valence-electron chi connectivity index (χ3n) is 6.34. The van der Waals surface area contributed by atoms with Gasteiger partial charge in [-0.15, -0.1) is 0 Å². The van der Waals surface area contributed by atoms with Crippen LogP contribution in [0.5, 0.6) is 0 Å². The summed E-state index contributed by atoms with van der Waals surface area (Å²) in [7, 11) is 0. The van der Waals surface area contributed by atoms with Crippen molar-refractivity contribution < 1.29 is 9.18 Å². The van der Waals surface area contributed by atoms with Crippen molar-refractivity contribution in [2.45, 2.75) is 38.5 Å². The Balaban J connectivity index is 1.26. The summed E-state index contributed by atoms with van der Waals surface area (Å²) in [5.41, 5.74) is 0.773. The van der Waals surface area contributed by atoms with Crippen LogP contribution in [0.25, 0.3) is 0 Å². The zero-order valence-electron chi connectivity index (χ0n) is 14.7. The third kappa shape index (κ3) is 3.79. The lowest BCUT2D eigenvalue weighted by Crippen LogP contribution is -2.39. The fraction of sp³-hybridized carbons (Fsp3) is 0.571. The van der Waals surface area contributed by atoms with E-state index in [2.05, 4.69) is 22.4 Å². The molecule has 1 heterocycles. The number of halogens is 1. The molecule has 3 nitrogen and oxygen atoms in total. The summed E-state index contributed by atoms with van der Waals surface area (Å²) in [5, 5.41) is 2.89. The highest BCUT2D eigenvalue weighted by atomic mass is 19.1. The molecule has 2 atom stereocenters. The molecular formula is C21H27FN2O. The maximum Gasteiger partial charge on any atom is 0.228 e. The summed E-state index contributed by atoms with van der Waals surface area (Å²) in [6, 6.07) is 6.16. The number of anilines is 1. The molecule has 25 heavy (non-hydrogen) atoms. The molecule has 2 unspecified atom stereocenters. The molecule has 134 valence electrons. The van der Waals surface area contributed by atoms with Crippen LogP contribution >= 0.6 is 0 Å². The Morgan fingerprint density at radius 1 is 1.28 bits per heavy atom. The molecule has 1 saturated heterocycles. The number of allylic oxidation sites excluding steroid dienone is 2. The molecule has 1 aromatic carbocycles. The molecule has 1 aromatic rings. The molecule has 4 rings (SSSR count). The van der Waals surface area contributed by atoms with E-state index in [9.17, 15) is 9.18 Å². The first-order chi connectivity index (χ1) is 12.1. The van der Waals surface area contributed by atoms with Crippen molar-refractivity contribution in [3.8, 4) is 0 Å². The highest BCUT2D eigenvalue weighted by Gasteiger charge is 2.58. The Hall–Kier alpha value is -1.68. The topological polar surface area (TPSA) is 32.3 Å². The SMILES string of the molecule is O=C(Nc1cccc(F)c1)C1CC12CCN(CC1CC=CCC1)CC2. The van der Waals surface area contributed by atoms with Gasteiger partial charge in [0.25, 0.3) is 0 Å². The number of piperidine rings is 1. The molecule has 1 amide bonds. The first-order valence-corrected chi connectivity index (χ1v) is 9.58. The molecular weight excluding hydrogens is 315 g/mol. The fourth-order valence-corrected chi connectivity index (χ4v) is 4.63. The van der Waals surface area contributed by atoms with Crippen LogP contribution in [0.2, 0.25) is 0 Å². The van der Waals surface area contributed by atoms with Gasteiger partial charge in [-0.3, -0.25) is 4.79 Å². The standard InChI is InChI=1S/C21H27FN2O/c22-17-7-4-8-18(13-17)23-20(25)19-14-21(19)9-11-24(12-10-21)15-16-5-2-1-3-6-16/h1-2,4,7-8,13,16,19H,3,5-6,9-12,14-15H2,(H,23,25). The van der Waals surface area contributed by atoms with E-state index in [-0.39, 0.29) is 23.1 Å². The monoisotopic (exact) mass is 342 g/mol. The van der Waals surface area contributed by atoms with E-state index in [1.165, 1.54) is 37.9 Å². The van der Waals surface area contributed by atoms with Gasteiger partial charge in [-0.25, -0.2) is 4.39 Å². The summed E-state index contributed by atoms with van der Waals surface area (Å²) in [5.74, 6) is 0.673. The third-order valence-corrected chi connectivity index (χ3v) is 6.34. The Labute approximate surface area is 149 Å². The Bertz CT molecular complexity index is 664. The van der Waals surface area contributed by atoms with Gasteiger partial charge in [0, 0.05) is 18.2 Å². The number of likely N-dealkylation sites (tertiary alicyclic amines) is 1. The van der Waals surface area contributed by atoms with Crippen LogP contribution in [0.4, 0.5) is 10.1 Å². The van der Waals surface area contributed by atoms with E-state index in [1.54, 1.807) is 12.1 Å². The molecule has 2 aliphatic carbocycles. The molecule has 1 spiro atoms. The average molecular weight is 342 g/mol. The van der Waals surface area contributed by atoms with E-state index >= 15 is 0 Å². The van der Waals surface area contributed by atoms with Gasteiger partial charge in [0.2, 0.25) is 5.91 Å². The number of carbonyl (C=O) groups is 1. The van der Waals surface area contributed by atoms with Gasteiger partial charge in [-0.05, 0) is 81.1 Å². The van der Waals surface area contributed by atoms with E-state index in [4.69, 9.17) is 0 Å². The summed E-state index contributed by atoms with van der Waals surface area (Å²) in [6.45, 7) is 3.44. The lowest BCUT2D eigenvalue weighted by Gasteiger charge is -2.35. The molecule has 1 saturated carbocycles. The smallest absolute Gasteiger partial charge is 0.228 e. The van der Waals surface area contributed by atoms with Crippen LogP contribution in [0.1, 0.15) is 38.5 Å². The molecule has 1 N–H and O–H groups in total. The van der Waals surface area contributed by atoms with Gasteiger partial charge in [0.1, 0.15) is 5.82 Å². The maximum atomic E-state index is 13.3. The number of nitrogens with zero attached hydrogens (tertiary/aromatic N) is 1. The zero-order chi connectivity index (χ0) is 17.3. The van der Waals surface area contributed by atoms with Gasteiger partial charge in [-0.2, -0.15) is 0 Å². The van der Waals surface area contributed by atoms with Crippen LogP contribution in [0.15, 0.2) is 36.4 Å². The summed E-state index contributed by atoms with van der Waals surface area (Å²) < 4.78 is 13.3. The second-order valence-electron chi connectivity index (χ2n) is 8.07. The van der Waals surface area contributed by atoms with Crippen molar-refractivity contribution in [2.24, 2.45) is 17.3 Å². The lowest BCUT2D eigenvalue weighted by atomic mass is 9.88.